The predicted octanol–water partition coefficient (Wildman–Crippen LogP) is 3.88. The van der Waals surface area contributed by atoms with Gasteiger partial charge in [0.1, 0.15) is 0 Å². The molecular formula is C13H20S. The molecule has 1 unspecified atom stereocenters. The van der Waals surface area contributed by atoms with Gasteiger partial charge in [-0.1, -0.05) is 30.9 Å². The lowest BCUT2D eigenvalue weighted by Gasteiger charge is -2.34. The van der Waals surface area contributed by atoms with Crippen LogP contribution in [0, 0.1) is 18.3 Å². The van der Waals surface area contributed by atoms with Crippen LogP contribution in [0.5, 0.6) is 0 Å². The van der Waals surface area contributed by atoms with E-state index in [9.17, 15) is 0 Å². The summed E-state index contributed by atoms with van der Waals surface area (Å²) in [7, 11) is 0. The fourth-order valence-corrected chi connectivity index (χ4v) is 3.53. The molecule has 0 nitrogen and oxygen atoms in total. The topological polar surface area (TPSA) is 0 Å². The van der Waals surface area contributed by atoms with Crippen molar-refractivity contribution in [3.8, 4) is 12.3 Å². The first-order valence-corrected chi connectivity index (χ1v) is 6.24. The highest BCUT2D eigenvalue weighted by atomic mass is 32.2. The van der Waals surface area contributed by atoms with Crippen molar-refractivity contribution in [1.82, 2.24) is 0 Å². The van der Waals surface area contributed by atoms with E-state index in [2.05, 4.69) is 33.6 Å². The fourth-order valence-electron chi connectivity index (χ4n) is 1.94. The Bertz CT molecular complexity index is 280. The van der Waals surface area contributed by atoms with Crippen LogP contribution in [0.3, 0.4) is 0 Å². The van der Waals surface area contributed by atoms with E-state index in [1.54, 1.807) is 0 Å². The fraction of sp³-hybridized carbons (Fsp3) is 0.692. The van der Waals surface area contributed by atoms with E-state index in [1.165, 1.54) is 11.1 Å². The Morgan fingerprint density at radius 1 is 1.43 bits per heavy atom. The number of terminal acetylenes is 1. The molecule has 1 heterocycles. The molecular weight excluding hydrogens is 188 g/mol. The Morgan fingerprint density at radius 3 is 2.50 bits per heavy atom. The Labute approximate surface area is 92.5 Å². The van der Waals surface area contributed by atoms with Crippen LogP contribution in [0.1, 0.15) is 40.5 Å². The lowest BCUT2D eigenvalue weighted by molar-refractivity contribution is 0.511. The van der Waals surface area contributed by atoms with Crippen LogP contribution in [0.4, 0.5) is 0 Å². The van der Waals surface area contributed by atoms with Crippen molar-refractivity contribution >= 4 is 11.8 Å². The zero-order valence-corrected chi connectivity index (χ0v) is 10.5. The minimum Gasteiger partial charge on any atom is -0.137 e. The molecule has 0 bridgehead atoms. The zero-order valence-electron chi connectivity index (χ0n) is 9.68. The molecule has 1 atom stereocenters. The van der Waals surface area contributed by atoms with Gasteiger partial charge in [-0.25, -0.2) is 0 Å². The van der Waals surface area contributed by atoms with Crippen molar-refractivity contribution in [2.24, 2.45) is 5.92 Å². The summed E-state index contributed by atoms with van der Waals surface area (Å²) in [5.41, 5.74) is 3.02. The van der Waals surface area contributed by atoms with Gasteiger partial charge in [-0.15, -0.1) is 18.2 Å². The van der Waals surface area contributed by atoms with Crippen LogP contribution in [0.25, 0.3) is 0 Å². The average Bonchev–Trinajstić information content (AvgIpc) is 2.11. The van der Waals surface area contributed by atoms with E-state index < -0.39 is 0 Å². The Balaban J connectivity index is 2.81. The number of allylic oxidation sites excluding steroid dienone is 1. The highest BCUT2D eigenvalue weighted by Crippen LogP contribution is 2.42. The van der Waals surface area contributed by atoms with Gasteiger partial charge in [-0.05, 0) is 32.6 Å². The summed E-state index contributed by atoms with van der Waals surface area (Å²) >= 11 is 1.96. The summed E-state index contributed by atoms with van der Waals surface area (Å²) in [4.78, 5) is 0. The van der Waals surface area contributed by atoms with Gasteiger partial charge in [0.2, 0.25) is 0 Å². The lowest BCUT2D eigenvalue weighted by Crippen LogP contribution is -2.29. The second-order valence-corrected chi connectivity index (χ2v) is 6.12. The molecule has 78 valence electrons. The van der Waals surface area contributed by atoms with Crippen molar-refractivity contribution in [3.05, 3.63) is 11.1 Å². The molecule has 1 aliphatic heterocycles. The summed E-state index contributed by atoms with van der Waals surface area (Å²) in [6.07, 6.45) is 7.92. The number of hydrogen-bond acceptors (Lipinski definition) is 1. The van der Waals surface area contributed by atoms with Gasteiger partial charge in [0.15, 0.2) is 0 Å². The van der Waals surface area contributed by atoms with Gasteiger partial charge in [0, 0.05) is 5.75 Å². The largest absolute Gasteiger partial charge is 0.137 e. The monoisotopic (exact) mass is 208 g/mol. The quantitative estimate of drug-likeness (QED) is 0.490. The van der Waals surface area contributed by atoms with Crippen LogP contribution in [0.2, 0.25) is 0 Å². The van der Waals surface area contributed by atoms with Crippen LogP contribution < -0.4 is 0 Å². The number of hydrogen-bond donors (Lipinski definition) is 0. The summed E-state index contributed by atoms with van der Waals surface area (Å²) in [5, 5.41) is 0. The molecule has 0 radical (unpaired) electrons. The molecule has 0 N–H and O–H groups in total. The minimum absolute atomic E-state index is 0.0811. The molecule has 0 saturated carbocycles. The molecule has 1 aliphatic rings. The smallest absolute Gasteiger partial charge is 0.0804 e. The van der Waals surface area contributed by atoms with Crippen molar-refractivity contribution in [2.75, 3.05) is 5.75 Å². The molecule has 0 fully saturated rings. The van der Waals surface area contributed by atoms with E-state index in [1.807, 2.05) is 11.8 Å². The molecule has 0 saturated heterocycles. The third-order valence-corrected chi connectivity index (χ3v) is 4.40. The van der Waals surface area contributed by atoms with Crippen molar-refractivity contribution in [3.63, 3.8) is 0 Å². The molecule has 0 aromatic rings. The highest BCUT2D eigenvalue weighted by molar-refractivity contribution is 8.01. The van der Waals surface area contributed by atoms with E-state index in [0.717, 1.165) is 18.6 Å². The first-order chi connectivity index (χ1) is 6.49. The van der Waals surface area contributed by atoms with E-state index >= 15 is 0 Å². The predicted molar refractivity (Wildman–Crippen MR) is 66.5 cm³/mol. The van der Waals surface area contributed by atoms with Crippen molar-refractivity contribution in [2.45, 2.75) is 45.3 Å². The standard InChI is InChI=1S/C13H20S/c1-6-13(7-10(2)3)8-11(4)12(5)9-14-13/h1,10H,7-9H2,2-5H3. The Hall–Kier alpha value is -0.350. The number of thioether (sulfide) groups is 1. The van der Waals surface area contributed by atoms with E-state index in [-0.39, 0.29) is 4.75 Å². The van der Waals surface area contributed by atoms with Gasteiger partial charge in [0.05, 0.1) is 4.75 Å². The third-order valence-electron chi connectivity index (χ3n) is 2.85. The molecule has 1 rings (SSSR count). The molecule has 0 aliphatic carbocycles. The molecule has 0 spiro atoms. The Morgan fingerprint density at radius 2 is 2.07 bits per heavy atom. The summed E-state index contributed by atoms with van der Waals surface area (Å²) in [5.74, 6) is 4.83. The Kier molecular flexibility index (Phi) is 3.72. The van der Waals surface area contributed by atoms with Crippen LogP contribution in [-0.4, -0.2) is 10.5 Å². The maximum absolute atomic E-state index is 5.70. The van der Waals surface area contributed by atoms with Crippen LogP contribution in [0.15, 0.2) is 11.1 Å². The maximum Gasteiger partial charge on any atom is 0.0804 e. The molecule has 0 aromatic carbocycles. The molecule has 0 amide bonds. The van der Waals surface area contributed by atoms with Crippen LogP contribution in [-0.2, 0) is 0 Å². The first kappa shape index (κ1) is 11.7. The second kappa shape index (κ2) is 4.45. The van der Waals surface area contributed by atoms with Crippen molar-refractivity contribution in [1.29, 1.82) is 0 Å². The molecule has 0 aromatic heterocycles. The second-order valence-electron chi connectivity index (χ2n) is 4.76. The normalized spacial score (nSPS) is 28.0. The summed E-state index contributed by atoms with van der Waals surface area (Å²) in [6.45, 7) is 8.94. The van der Waals surface area contributed by atoms with Gasteiger partial charge >= 0.3 is 0 Å². The number of rotatable bonds is 2. The molecule has 14 heavy (non-hydrogen) atoms. The van der Waals surface area contributed by atoms with Crippen LogP contribution >= 0.6 is 11.8 Å². The van der Waals surface area contributed by atoms with Gasteiger partial charge < -0.3 is 0 Å². The average molecular weight is 208 g/mol. The maximum atomic E-state index is 5.70. The van der Waals surface area contributed by atoms with Gasteiger partial charge in [-0.2, -0.15) is 0 Å². The van der Waals surface area contributed by atoms with Gasteiger partial charge in [-0.3, -0.25) is 0 Å². The van der Waals surface area contributed by atoms with Crippen molar-refractivity contribution < 1.29 is 0 Å². The summed E-state index contributed by atoms with van der Waals surface area (Å²) in [6, 6.07) is 0. The first-order valence-electron chi connectivity index (χ1n) is 5.26. The van der Waals surface area contributed by atoms with E-state index in [0.29, 0.717) is 5.92 Å². The summed E-state index contributed by atoms with van der Waals surface area (Å²) < 4.78 is 0.0811. The zero-order chi connectivity index (χ0) is 10.8. The third kappa shape index (κ3) is 2.58. The SMILES string of the molecule is C#CC1(CC(C)C)CC(C)=C(C)CS1. The highest BCUT2D eigenvalue weighted by Gasteiger charge is 2.32. The van der Waals surface area contributed by atoms with Gasteiger partial charge in [0.25, 0.3) is 0 Å². The molecule has 1 heteroatoms. The minimum atomic E-state index is 0.0811. The van der Waals surface area contributed by atoms with E-state index in [4.69, 9.17) is 6.42 Å². The lowest BCUT2D eigenvalue weighted by atomic mass is 9.89.